The molecule has 2 heterocycles. The molecule has 25 heavy (non-hydrogen) atoms. The summed E-state index contributed by atoms with van der Waals surface area (Å²) in [7, 11) is 0. The van der Waals surface area contributed by atoms with Crippen molar-refractivity contribution < 1.29 is 0 Å². The monoisotopic (exact) mass is 353 g/mol. The minimum atomic E-state index is 0.0923. The van der Waals surface area contributed by atoms with Crippen molar-refractivity contribution >= 4 is 11.6 Å². The van der Waals surface area contributed by atoms with Crippen LogP contribution in [0.1, 0.15) is 22.4 Å². The van der Waals surface area contributed by atoms with Crippen LogP contribution in [0.4, 0.5) is 0 Å². The van der Waals surface area contributed by atoms with Crippen LogP contribution < -0.4 is 5.56 Å². The van der Waals surface area contributed by atoms with Gasteiger partial charge in [0.1, 0.15) is 0 Å². The van der Waals surface area contributed by atoms with Gasteiger partial charge in [0, 0.05) is 36.8 Å². The Morgan fingerprint density at radius 1 is 1.00 bits per heavy atom. The summed E-state index contributed by atoms with van der Waals surface area (Å²) in [6, 6.07) is 18.0. The van der Waals surface area contributed by atoms with Crippen LogP contribution in [-0.4, -0.2) is 21.2 Å². The summed E-state index contributed by atoms with van der Waals surface area (Å²) in [4.78, 5) is 15.1. The third kappa shape index (κ3) is 3.55. The summed E-state index contributed by atoms with van der Waals surface area (Å²) in [5, 5.41) is 4.05. The zero-order chi connectivity index (χ0) is 17.2. The predicted molar refractivity (Wildman–Crippen MR) is 99.9 cm³/mol. The van der Waals surface area contributed by atoms with Crippen molar-refractivity contribution in [2.45, 2.75) is 26.1 Å². The van der Waals surface area contributed by atoms with Crippen molar-refractivity contribution in [3.05, 3.63) is 92.4 Å². The SMILES string of the molecule is O=c1c2c([nH]n1Cc1ccccc1)CCN(Cc1cccc(Cl)c1)C2. The zero-order valence-electron chi connectivity index (χ0n) is 13.9. The molecule has 0 atom stereocenters. The number of nitrogens with zero attached hydrogens (tertiary/aromatic N) is 2. The van der Waals surface area contributed by atoms with Gasteiger partial charge in [-0.25, -0.2) is 4.68 Å². The van der Waals surface area contributed by atoms with E-state index in [1.54, 1.807) is 4.68 Å². The Labute approximate surface area is 151 Å². The Kier molecular flexibility index (Phi) is 4.47. The highest BCUT2D eigenvalue weighted by molar-refractivity contribution is 6.30. The highest BCUT2D eigenvalue weighted by Gasteiger charge is 2.22. The average molecular weight is 354 g/mol. The standard InChI is InChI=1S/C20H20ClN3O/c21-17-8-4-7-16(11-17)12-23-10-9-19-18(14-23)20(25)24(22-19)13-15-5-2-1-3-6-15/h1-8,11,22H,9-10,12-14H2. The fourth-order valence-electron chi connectivity index (χ4n) is 3.42. The lowest BCUT2D eigenvalue weighted by Gasteiger charge is -2.25. The molecule has 4 rings (SSSR count). The number of benzene rings is 2. The first-order chi connectivity index (χ1) is 12.2. The zero-order valence-corrected chi connectivity index (χ0v) is 14.7. The molecule has 1 aliphatic heterocycles. The molecular weight excluding hydrogens is 334 g/mol. The van der Waals surface area contributed by atoms with Crippen molar-refractivity contribution in [3.63, 3.8) is 0 Å². The van der Waals surface area contributed by atoms with Gasteiger partial charge in [0.2, 0.25) is 0 Å². The van der Waals surface area contributed by atoms with Crippen LogP contribution >= 0.6 is 11.6 Å². The second-order valence-electron chi connectivity index (χ2n) is 6.54. The van der Waals surface area contributed by atoms with E-state index < -0.39 is 0 Å². The number of halogens is 1. The van der Waals surface area contributed by atoms with E-state index in [9.17, 15) is 4.79 Å². The van der Waals surface area contributed by atoms with Crippen molar-refractivity contribution in [1.29, 1.82) is 0 Å². The van der Waals surface area contributed by atoms with Crippen molar-refractivity contribution in [2.75, 3.05) is 6.54 Å². The van der Waals surface area contributed by atoms with E-state index in [1.165, 1.54) is 5.56 Å². The second-order valence-corrected chi connectivity index (χ2v) is 6.97. The highest BCUT2D eigenvalue weighted by Crippen LogP contribution is 2.18. The van der Waals surface area contributed by atoms with Gasteiger partial charge in [-0.05, 0) is 23.3 Å². The fourth-order valence-corrected chi connectivity index (χ4v) is 3.63. The Hall–Kier alpha value is -2.30. The Morgan fingerprint density at radius 3 is 2.60 bits per heavy atom. The normalized spacial score (nSPS) is 14.4. The fraction of sp³-hybridized carbons (Fsp3) is 0.250. The van der Waals surface area contributed by atoms with Gasteiger partial charge >= 0.3 is 0 Å². The minimum absolute atomic E-state index is 0.0923. The minimum Gasteiger partial charge on any atom is -0.299 e. The maximum absolute atomic E-state index is 12.8. The van der Waals surface area contributed by atoms with Crippen LogP contribution in [-0.2, 0) is 26.1 Å². The molecule has 4 nitrogen and oxygen atoms in total. The molecule has 2 aromatic carbocycles. The van der Waals surface area contributed by atoms with E-state index in [-0.39, 0.29) is 5.56 Å². The van der Waals surface area contributed by atoms with Gasteiger partial charge in [-0.2, -0.15) is 0 Å². The Bertz CT molecular complexity index is 930. The summed E-state index contributed by atoms with van der Waals surface area (Å²) in [6.07, 6.45) is 0.868. The highest BCUT2D eigenvalue weighted by atomic mass is 35.5. The van der Waals surface area contributed by atoms with Crippen LogP contribution in [0.2, 0.25) is 5.02 Å². The number of nitrogens with one attached hydrogen (secondary N) is 1. The first-order valence-corrected chi connectivity index (χ1v) is 8.88. The second kappa shape index (κ2) is 6.90. The first-order valence-electron chi connectivity index (χ1n) is 8.50. The molecular formula is C20H20ClN3O. The summed E-state index contributed by atoms with van der Waals surface area (Å²) in [6.45, 7) is 3.01. The Balaban J connectivity index is 1.52. The van der Waals surface area contributed by atoms with E-state index in [2.05, 4.69) is 16.1 Å². The molecule has 0 bridgehead atoms. The molecule has 1 N–H and O–H groups in total. The summed E-state index contributed by atoms with van der Waals surface area (Å²) >= 11 is 6.07. The lowest BCUT2D eigenvalue weighted by atomic mass is 10.1. The molecule has 0 saturated carbocycles. The molecule has 0 spiro atoms. The molecule has 1 aliphatic rings. The molecule has 3 aromatic rings. The van der Waals surface area contributed by atoms with E-state index in [1.807, 2.05) is 48.5 Å². The first kappa shape index (κ1) is 16.2. The molecule has 0 fully saturated rings. The summed E-state index contributed by atoms with van der Waals surface area (Å²) in [5.41, 5.74) is 4.36. The van der Waals surface area contributed by atoms with Crippen LogP contribution in [0, 0.1) is 0 Å². The van der Waals surface area contributed by atoms with Crippen molar-refractivity contribution in [1.82, 2.24) is 14.7 Å². The molecule has 0 unspecified atom stereocenters. The largest absolute Gasteiger partial charge is 0.299 e. The third-order valence-electron chi connectivity index (χ3n) is 4.68. The van der Waals surface area contributed by atoms with Crippen LogP contribution in [0.3, 0.4) is 0 Å². The third-order valence-corrected chi connectivity index (χ3v) is 4.91. The molecule has 0 aliphatic carbocycles. The van der Waals surface area contributed by atoms with E-state index in [4.69, 9.17) is 11.6 Å². The van der Waals surface area contributed by atoms with Crippen molar-refractivity contribution in [2.24, 2.45) is 0 Å². The molecule has 0 saturated heterocycles. The number of H-pyrrole nitrogens is 1. The Morgan fingerprint density at radius 2 is 1.80 bits per heavy atom. The van der Waals surface area contributed by atoms with Gasteiger partial charge in [0.25, 0.3) is 5.56 Å². The van der Waals surface area contributed by atoms with Gasteiger partial charge in [-0.1, -0.05) is 54.1 Å². The van der Waals surface area contributed by atoms with E-state index in [0.717, 1.165) is 41.4 Å². The lowest BCUT2D eigenvalue weighted by Crippen LogP contribution is -2.32. The average Bonchev–Trinajstić information content (AvgIpc) is 2.92. The lowest BCUT2D eigenvalue weighted by molar-refractivity contribution is 0.244. The molecule has 0 amide bonds. The van der Waals surface area contributed by atoms with Crippen LogP contribution in [0.5, 0.6) is 0 Å². The van der Waals surface area contributed by atoms with Gasteiger partial charge in [-0.3, -0.25) is 14.8 Å². The number of rotatable bonds is 4. The van der Waals surface area contributed by atoms with Crippen LogP contribution in [0.15, 0.2) is 59.4 Å². The molecule has 0 radical (unpaired) electrons. The van der Waals surface area contributed by atoms with Gasteiger partial charge in [0.15, 0.2) is 0 Å². The van der Waals surface area contributed by atoms with Crippen molar-refractivity contribution in [3.8, 4) is 0 Å². The quantitative estimate of drug-likeness (QED) is 0.780. The topological polar surface area (TPSA) is 41.0 Å². The number of aromatic nitrogens is 2. The molecule has 5 heteroatoms. The van der Waals surface area contributed by atoms with E-state index >= 15 is 0 Å². The number of hydrogen-bond donors (Lipinski definition) is 1. The van der Waals surface area contributed by atoms with Gasteiger partial charge < -0.3 is 0 Å². The molecule has 1 aromatic heterocycles. The predicted octanol–water partition coefficient (Wildman–Crippen LogP) is 3.44. The summed E-state index contributed by atoms with van der Waals surface area (Å²) < 4.78 is 1.73. The maximum atomic E-state index is 12.8. The smallest absolute Gasteiger partial charge is 0.271 e. The van der Waals surface area contributed by atoms with E-state index in [0.29, 0.717) is 13.1 Å². The number of fused-ring (bicyclic) bond motifs is 1. The number of aromatic amines is 1. The molecule has 128 valence electrons. The summed E-state index contributed by atoms with van der Waals surface area (Å²) in [5.74, 6) is 0. The van der Waals surface area contributed by atoms with Crippen LogP contribution in [0.25, 0.3) is 0 Å². The maximum Gasteiger partial charge on any atom is 0.271 e. The van der Waals surface area contributed by atoms with Gasteiger partial charge in [-0.15, -0.1) is 0 Å². The van der Waals surface area contributed by atoms with Gasteiger partial charge in [0.05, 0.1) is 12.1 Å². The number of hydrogen-bond acceptors (Lipinski definition) is 2.